The van der Waals surface area contributed by atoms with Gasteiger partial charge in [-0.25, -0.2) is 4.79 Å². The molecule has 4 nitrogen and oxygen atoms in total. The Balaban J connectivity index is 2.12. The molecule has 17 heavy (non-hydrogen) atoms. The van der Waals surface area contributed by atoms with Crippen molar-refractivity contribution in [3.8, 4) is 0 Å². The molecule has 0 aromatic carbocycles. The zero-order valence-corrected chi connectivity index (χ0v) is 10.5. The van der Waals surface area contributed by atoms with Crippen LogP contribution in [-0.4, -0.2) is 17.0 Å². The molecule has 2 N–H and O–H groups in total. The van der Waals surface area contributed by atoms with Crippen molar-refractivity contribution >= 4 is 28.2 Å². The molecule has 0 aliphatic heterocycles. The Bertz CT molecular complexity index is 447. The van der Waals surface area contributed by atoms with Crippen LogP contribution in [0.1, 0.15) is 40.9 Å². The summed E-state index contributed by atoms with van der Waals surface area (Å²) in [6.07, 6.45) is 4.01. The van der Waals surface area contributed by atoms with Crippen LogP contribution in [0.3, 0.4) is 0 Å². The topological polar surface area (TPSA) is 66.4 Å². The van der Waals surface area contributed by atoms with Crippen molar-refractivity contribution in [3.63, 3.8) is 0 Å². The van der Waals surface area contributed by atoms with Crippen molar-refractivity contribution in [2.24, 2.45) is 5.92 Å². The number of amides is 1. The van der Waals surface area contributed by atoms with Crippen LogP contribution in [0.2, 0.25) is 0 Å². The van der Waals surface area contributed by atoms with E-state index in [0.29, 0.717) is 5.00 Å². The van der Waals surface area contributed by atoms with Gasteiger partial charge in [-0.3, -0.25) is 4.79 Å². The van der Waals surface area contributed by atoms with Gasteiger partial charge in [0.2, 0.25) is 5.91 Å². The van der Waals surface area contributed by atoms with Crippen LogP contribution in [0.25, 0.3) is 0 Å². The van der Waals surface area contributed by atoms with E-state index in [2.05, 4.69) is 5.32 Å². The van der Waals surface area contributed by atoms with E-state index in [-0.39, 0.29) is 17.4 Å². The Kier molecular flexibility index (Phi) is 3.47. The van der Waals surface area contributed by atoms with Gasteiger partial charge in [-0.15, -0.1) is 11.3 Å². The monoisotopic (exact) mass is 253 g/mol. The molecular formula is C12H15NO3S. The summed E-state index contributed by atoms with van der Waals surface area (Å²) in [6.45, 7) is 1.84. The van der Waals surface area contributed by atoms with Crippen LogP contribution >= 0.6 is 11.3 Å². The van der Waals surface area contributed by atoms with Gasteiger partial charge in [0.15, 0.2) is 0 Å². The molecular weight excluding hydrogens is 238 g/mol. The second-order valence-electron chi connectivity index (χ2n) is 4.38. The molecule has 1 aromatic rings. The van der Waals surface area contributed by atoms with Crippen molar-refractivity contribution < 1.29 is 14.7 Å². The highest BCUT2D eigenvalue weighted by Gasteiger charge is 2.24. The van der Waals surface area contributed by atoms with E-state index in [9.17, 15) is 9.59 Å². The Hall–Kier alpha value is -1.36. The molecule has 1 saturated carbocycles. The number of rotatable bonds is 3. The first-order valence-electron chi connectivity index (χ1n) is 5.72. The number of hydrogen-bond acceptors (Lipinski definition) is 3. The first kappa shape index (κ1) is 12.1. The summed E-state index contributed by atoms with van der Waals surface area (Å²) >= 11 is 1.32. The highest BCUT2D eigenvalue weighted by atomic mass is 32.1. The minimum Gasteiger partial charge on any atom is -0.478 e. The number of hydrogen-bond donors (Lipinski definition) is 2. The average Bonchev–Trinajstić information content (AvgIpc) is 2.86. The number of aryl methyl sites for hydroxylation is 1. The average molecular weight is 253 g/mol. The van der Waals surface area contributed by atoms with Gasteiger partial charge in [-0.1, -0.05) is 12.8 Å². The van der Waals surface area contributed by atoms with E-state index in [0.717, 1.165) is 30.6 Å². The van der Waals surface area contributed by atoms with Crippen LogP contribution in [0.4, 0.5) is 5.00 Å². The maximum absolute atomic E-state index is 11.9. The SMILES string of the molecule is Cc1cc(C(=O)O)c(NC(=O)C2CCCC2)s1. The second kappa shape index (κ2) is 4.87. The summed E-state index contributed by atoms with van der Waals surface area (Å²) in [5.41, 5.74) is 0.193. The minimum atomic E-state index is -0.990. The Morgan fingerprint density at radius 3 is 2.65 bits per heavy atom. The number of thiophene rings is 1. The molecule has 0 unspecified atom stereocenters. The summed E-state index contributed by atoms with van der Waals surface area (Å²) in [4.78, 5) is 23.8. The molecule has 0 atom stereocenters. The highest BCUT2D eigenvalue weighted by molar-refractivity contribution is 7.16. The lowest BCUT2D eigenvalue weighted by molar-refractivity contribution is -0.119. The quantitative estimate of drug-likeness (QED) is 0.870. The molecule has 1 fully saturated rings. The summed E-state index contributed by atoms with van der Waals surface area (Å²) < 4.78 is 0. The van der Waals surface area contributed by atoms with E-state index >= 15 is 0 Å². The summed E-state index contributed by atoms with van der Waals surface area (Å²) in [5, 5.41) is 12.2. The Morgan fingerprint density at radius 1 is 1.41 bits per heavy atom. The second-order valence-corrected chi connectivity index (χ2v) is 5.63. The Labute approximate surface area is 104 Å². The molecule has 0 radical (unpaired) electrons. The van der Waals surface area contributed by atoms with Gasteiger partial charge in [-0.2, -0.15) is 0 Å². The van der Waals surface area contributed by atoms with E-state index < -0.39 is 5.97 Å². The van der Waals surface area contributed by atoms with Crippen molar-refractivity contribution in [2.75, 3.05) is 5.32 Å². The fourth-order valence-corrected chi connectivity index (χ4v) is 3.07. The van der Waals surface area contributed by atoms with Gasteiger partial charge in [0.25, 0.3) is 0 Å². The molecule has 5 heteroatoms. The summed E-state index contributed by atoms with van der Waals surface area (Å²) in [7, 11) is 0. The summed E-state index contributed by atoms with van der Waals surface area (Å²) in [6, 6.07) is 1.59. The molecule has 92 valence electrons. The fourth-order valence-electron chi connectivity index (χ4n) is 2.17. The molecule has 1 amide bonds. The third kappa shape index (κ3) is 2.66. The normalized spacial score (nSPS) is 16.1. The first-order chi connectivity index (χ1) is 8.08. The number of carboxylic acids is 1. The first-order valence-corrected chi connectivity index (χ1v) is 6.54. The lowest BCUT2D eigenvalue weighted by Gasteiger charge is -2.09. The molecule has 1 aromatic heterocycles. The van der Waals surface area contributed by atoms with Crippen LogP contribution in [-0.2, 0) is 4.79 Å². The van der Waals surface area contributed by atoms with Gasteiger partial charge in [0.1, 0.15) is 5.00 Å². The molecule has 0 spiro atoms. The van der Waals surface area contributed by atoms with E-state index in [4.69, 9.17) is 5.11 Å². The van der Waals surface area contributed by atoms with Crippen molar-refractivity contribution in [1.82, 2.24) is 0 Å². The van der Waals surface area contributed by atoms with Crippen LogP contribution < -0.4 is 5.32 Å². The lowest BCUT2D eigenvalue weighted by Crippen LogP contribution is -2.20. The smallest absolute Gasteiger partial charge is 0.338 e. The van der Waals surface area contributed by atoms with Gasteiger partial charge in [0, 0.05) is 10.8 Å². The number of anilines is 1. The number of carbonyl (C=O) groups is 2. The lowest BCUT2D eigenvalue weighted by atomic mass is 10.1. The zero-order valence-electron chi connectivity index (χ0n) is 9.66. The van der Waals surface area contributed by atoms with Crippen LogP contribution in [0, 0.1) is 12.8 Å². The van der Waals surface area contributed by atoms with Gasteiger partial charge >= 0.3 is 5.97 Å². The number of aromatic carboxylic acids is 1. The van der Waals surface area contributed by atoms with Crippen LogP contribution in [0.15, 0.2) is 6.07 Å². The van der Waals surface area contributed by atoms with Crippen molar-refractivity contribution in [3.05, 3.63) is 16.5 Å². The third-order valence-electron chi connectivity index (χ3n) is 3.05. The van der Waals surface area contributed by atoms with Gasteiger partial charge in [-0.05, 0) is 25.8 Å². The molecule has 1 aliphatic carbocycles. The number of nitrogens with one attached hydrogen (secondary N) is 1. The molecule has 1 heterocycles. The van der Waals surface area contributed by atoms with Gasteiger partial charge in [0.05, 0.1) is 5.56 Å². The van der Waals surface area contributed by atoms with E-state index in [1.54, 1.807) is 6.07 Å². The maximum Gasteiger partial charge on any atom is 0.338 e. The fraction of sp³-hybridized carbons (Fsp3) is 0.500. The van der Waals surface area contributed by atoms with E-state index in [1.165, 1.54) is 11.3 Å². The van der Waals surface area contributed by atoms with Crippen LogP contribution in [0.5, 0.6) is 0 Å². The maximum atomic E-state index is 11.9. The standard InChI is InChI=1S/C12H15NO3S/c1-7-6-9(12(15)16)11(17-7)13-10(14)8-4-2-3-5-8/h6,8H,2-5H2,1H3,(H,13,14)(H,15,16). The zero-order chi connectivity index (χ0) is 12.4. The van der Waals surface area contributed by atoms with Crippen molar-refractivity contribution in [1.29, 1.82) is 0 Å². The molecule has 2 rings (SSSR count). The number of carbonyl (C=O) groups excluding carboxylic acids is 1. The van der Waals surface area contributed by atoms with Gasteiger partial charge < -0.3 is 10.4 Å². The molecule has 1 aliphatic rings. The third-order valence-corrected chi connectivity index (χ3v) is 4.01. The number of carboxylic acid groups (broad SMARTS) is 1. The minimum absolute atomic E-state index is 0.0353. The predicted octanol–water partition coefficient (Wildman–Crippen LogP) is 2.88. The largest absolute Gasteiger partial charge is 0.478 e. The molecule has 0 bridgehead atoms. The Morgan fingerprint density at radius 2 is 2.06 bits per heavy atom. The van der Waals surface area contributed by atoms with Crippen molar-refractivity contribution in [2.45, 2.75) is 32.6 Å². The highest BCUT2D eigenvalue weighted by Crippen LogP contribution is 2.30. The summed E-state index contributed by atoms with van der Waals surface area (Å²) in [5.74, 6) is -0.970. The van der Waals surface area contributed by atoms with E-state index in [1.807, 2.05) is 6.92 Å². The predicted molar refractivity (Wildman–Crippen MR) is 66.6 cm³/mol. The molecule has 0 saturated heterocycles.